The van der Waals surface area contributed by atoms with Gasteiger partial charge in [0.05, 0.1) is 15.5 Å². The third kappa shape index (κ3) is 1.30. The van der Waals surface area contributed by atoms with E-state index in [1.54, 1.807) is 0 Å². The van der Waals surface area contributed by atoms with E-state index in [0.29, 0.717) is 11.3 Å². The Balaban J connectivity index is 2.39. The Labute approximate surface area is 94.2 Å². The van der Waals surface area contributed by atoms with E-state index in [2.05, 4.69) is 32.6 Å². The minimum atomic E-state index is -0.0387. The molecule has 0 spiro atoms. The largest absolute Gasteiger partial charge is 0.314 e. The molecule has 0 N–H and O–H groups in total. The molecule has 2 saturated heterocycles. The number of hydrogen-bond donors (Lipinski definition) is 0. The highest BCUT2D eigenvalue weighted by Crippen LogP contribution is 2.58. The molecule has 2 aliphatic heterocycles. The van der Waals surface area contributed by atoms with Crippen molar-refractivity contribution >= 4 is 29.4 Å². The van der Waals surface area contributed by atoms with Crippen LogP contribution in [0.4, 0.5) is 0 Å². The summed E-state index contributed by atoms with van der Waals surface area (Å²) in [7, 11) is 0. The Morgan fingerprint density at radius 1 is 1.29 bits per heavy atom. The fraction of sp³-hybridized carbons (Fsp3) is 0.900. The van der Waals surface area contributed by atoms with Crippen LogP contribution in [0.5, 0.6) is 0 Å². The molecule has 2 rings (SSSR count). The van der Waals surface area contributed by atoms with Gasteiger partial charge in [0.15, 0.2) is 0 Å². The SMILES string of the molecule is CC1SC2N(C1=O)C(C)(C)SC2(C)C. The van der Waals surface area contributed by atoms with Crippen LogP contribution >= 0.6 is 23.5 Å². The van der Waals surface area contributed by atoms with Crippen LogP contribution < -0.4 is 0 Å². The third-order valence-electron chi connectivity index (χ3n) is 2.84. The van der Waals surface area contributed by atoms with E-state index in [9.17, 15) is 4.79 Å². The van der Waals surface area contributed by atoms with Crippen LogP contribution in [-0.2, 0) is 4.79 Å². The lowest BCUT2D eigenvalue weighted by molar-refractivity contribution is -0.131. The van der Waals surface area contributed by atoms with Crippen LogP contribution in [0, 0.1) is 0 Å². The second-order valence-electron chi connectivity index (χ2n) is 4.99. The number of amides is 1. The lowest BCUT2D eigenvalue weighted by Gasteiger charge is -2.29. The molecule has 1 amide bonds. The zero-order chi connectivity index (χ0) is 10.7. The highest BCUT2D eigenvalue weighted by Gasteiger charge is 2.58. The van der Waals surface area contributed by atoms with E-state index in [1.165, 1.54) is 0 Å². The lowest BCUT2D eigenvalue weighted by Crippen LogP contribution is -2.43. The zero-order valence-electron chi connectivity index (χ0n) is 9.33. The molecule has 80 valence electrons. The molecular weight excluding hydrogens is 214 g/mol. The van der Waals surface area contributed by atoms with Crippen LogP contribution in [0.2, 0.25) is 0 Å². The summed E-state index contributed by atoms with van der Waals surface area (Å²) in [6.45, 7) is 10.8. The third-order valence-corrected chi connectivity index (χ3v) is 6.10. The summed E-state index contributed by atoms with van der Waals surface area (Å²) < 4.78 is 0.175. The van der Waals surface area contributed by atoms with Crippen molar-refractivity contribution in [3.05, 3.63) is 0 Å². The number of nitrogens with zero attached hydrogens (tertiary/aromatic N) is 1. The Morgan fingerprint density at radius 2 is 1.86 bits per heavy atom. The minimum Gasteiger partial charge on any atom is -0.314 e. The quantitative estimate of drug-likeness (QED) is 0.639. The molecule has 0 bridgehead atoms. The minimum absolute atomic E-state index is 0.0387. The van der Waals surface area contributed by atoms with E-state index in [0.717, 1.165) is 0 Å². The summed E-state index contributed by atoms with van der Waals surface area (Å²) in [5.74, 6) is 0.308. The first-order valence-electron chi connectivity index (χ1n) is 4.94. The standard InChI is InChI=1S/C10H17NOS2/c1-6-7(12)11-8(13-6)9(2,3)14-10(11,4)5/h6,8H,1-5H3. The Bertz CT molecular complexity index is 288. The van der Waals surface area contributed by atoms with Gasteiger partial charge < -0.3 is 4.90 Å². The van der Waals surface area contributed by atoms with Crippen molar-refractivity contribution in [2.75, 3.05) is 0 Å². The number of fused-ring (bicyclic) bond motifs is 1. The second kappa shape index (κ2) is 2.85. The molecule has 0 radical (unpaired) electrons. The number of rotatable bonds is 0. The number of thioether (sulfide) groups is 2. The average Bonchev–Trinajstić information content (AvgIpc) is 2.34. The summed E-state index contributed by atoms with van der Waals surface area (Å²) in [6.07, 6.45) is 0. The van der Waals surface area contributed by atoms with E-state index in [-0.39, 0.29) is 14.9 Å². The van der Waals surface area contributed by atoms with Crippen LogP contribution in [0.15, 0.2) is 0 Å². The van der Waals surface area contributed by atoms with Gasteiger partial charge in [-0.05, 0) is 34.6 Å². The van der Waals surface area contributed by atoms with Crippen molar-refractivity contribution in [2.24, 2.45) is 0 Å². The van der Waals surface area contributed by atoms with Gasteiger partial charge in [0.2, 0.25) is 5.91 Å². The van der Waals surface area contributed by atoms with Crippen LogP contribution in [0.1, 0.15) is 34.6 Å². The maximum absolute atomic E-state index is 12.0. The number of carbonyl (C=O) groups excluding carboxylic acids is 1. The van der Waals surface area contributed by atoms with Crippen molar-refractivity contribution in [2.45, 2.75) is 54.9 Å². The molecule has 2 nitrogen and oxygen atoms in total. The molecule has 2 fully saturated rings. The molecular formula is C10H17NOS2. The molecule has 2 unspecified atom stereocenters. The van der Waals surface area contributed by atoms with Crippen molar-refractivity contribution in [1.82, 2.24) is 4.90 Å². The molecule has 4 heteroatoms. The average molecular weight is 231 g/mol. The highest BCUT2D eigenvalue weighted by molar-refractivity contribution is 8.06. The van der Waals surface area contributed by atoms with Gasteiger partial charge in [-0.25, -0.2) is 0 Å². The van der Waals surface area contributed by atoms with Gasteiger partial charge in [0, 0.05) is 4.75 Å². The monoisotopic (exact) mass is 231 g/mol. The first-order chi connectivity index (χ1) is 6.26. The highest BCUT2D eigenvalue weighted by atomic mass is 32.2. The smallest absolute Gasteiger partial charge is 0.237 e. The molecule has 0 aromatic rings. The summed E-state index contributed by atoms with van der Waals surface area (Å²) >= 11 is 3.72. The second-order valence-corrected chi connectivity index (χ2v) is 8.67. The zero-order valence-corrected chi connectivity index (χ0v) is 11.0. The maximum atomic E-state index is 12.0. The van der Waals surface area contributed by atoms with Gasteiger partial charge in [-0.1, -0.05) is 0 Å². The molecule has 2 atom stereocenters. The van der Waals surface area contributed by atoms with E-state index in [4.69, 9.17) is 0 Å². The van der Waals surface area contributed by atoms with Crippen molar-refractivity contribution in [3.63, 3.8) is 0 Å². The van der Waals surface area contributed by atoms with Crippen molar-refractivity contribution in [1.29, 1.82) is 0 Å². The summed E-state index contributed by atoms with van der Waals surface area (Å²) in [5, 5.41) is 0.490. The molecule has 2 aliphatic rings. The van der Waals surface area contributed by atoms with Gasteiger partial charge in [-0.2, -0.15) is 0 Å². The number of carbonyl (C=O) groups is 1. The Kier molecular flexibility index (Phi) is 2.17. The van der Waals surface area contributed by atoms with Crippen LogP contribution in [0.25, 0.3) is 0 Å². The summed E-state index contributed by atoms with van der Waals surface area (Å²) in [4.78, 5) is 14.0. The van der Waals surface area contributed by atoms with Crippen LogP contribution in [0.3, 0.4) is 0 Å². The molecule has 2 heterocycles. The lowest BCUT2D eigenvalue weighted by atomic mass is 10.1. The maximum Gasteiger partial charge on any atom is 0.237 e. The van der Waals surface area contributed by atoms with Gasteiger partial charge >= 0.3 is 0 Å². The molecule has 0 aromatic heterocycles. The molecule has 0 aromatic carbocycles. The fourth-order valence-corrected chi connectivity index (χ4v) is 5.99. The summed E-state index contributed by atoms with van der Waals surface area (Å²) in [6, 6.07) is 0. The van der Waals surface area contributed by atoms with Gasteiger partial charge in [-0.3, -0.25) is 4.79 Å². The summed E-state index contributed by atoms with van der Waals surface area (Å²) in [5.41, 5.74) is 0. The predicted octanol–water partition coefficient (Wildman–Crippen LogP) is 2.54. The van der Waals surface area contributed by atoms with Gasteiger partial charge in [-0.15, -0.1) is 23.5 Å². The van der Waals surface area contributed by atoms with E-state index >= 15 is 0 Å². The van der Waals surface area contributed by atoms with Crippen molar-refractivity contribution < 1.29 is 4.79 Å². The normalized spacial score (nSPS) is 38.9. The van der Waals surface area contributed by atoms with Crippen LogP contribution in [-0.4, -0.2) is 31.0 Å². The molecule has 0 aliphatic carbocycles. The van der Waals surface area contributed by atoms with Gasteiger partial charge in [0.25, 0.3) is 0 Å². The van der Waals surface area contributed by atoms with Crippen molar-refractivity contribution in [3.8, 4) is 0 Å². The van der Waals surface area contributed by atoms with E-state index < -0.39 is 0 Å². The Morgan fingerprint density at radius 3 is 2.36 bits per heavy atom. The Hall–Kier alpha value is 0.170. The van der Waals surface area contributed by atoms with E-state index in [1.807, 2.05) is 30.4 Å². The number of hydrogen-bond acceptors (Lipinski definition) is 3. The first-order valence-corrected chi connectivity index (χ1v) is 6.70. The molecule has 0 saturated carbocycles. The predicted molar refractivity (Wildman–Crippen MR) is 63.4 cm³/mol. The topological polar surface area (TPSA) is 20.3 Å². The first kappa shape index (κ1) is 10.7. The fourth-order valence-electron chi connectivity index (χ4n) is 2.39. The van der Waals surface area contributed by atoms with Gasteiger partial charge in [0.1, 0.15) is 0 Å². The molecule has 14 heavy (non-hydrogen) atoms.